The number of nitrogens with zero attached hydrogens (tertiary/aromatic N) is 1. The third kappa shape index (κ3) is 5.50. The number of carbonyl (C=O) groups is 1. The molecule has 1 aromatic rings. The van der Waals surface area contributed by atoms with E-state index in [4.69, 9.17) is 10.5 Å². The molecule has 0 aliphatic heterocycles. The van der Waals surface area contributed by atoms with Crippen molar-refractivity contribution in [2.75, 3.05) is 38.3 Å². The first-order valence-corrected chi connectivity index (χ1v) is 6.50. The molecule has 0 saturated carbocycles. The first-order chi connectivity index (χ1) is 9.02. The number of anilines is 2. The van der Waals surface area contributed by atoms with Gasteiger partial charge in [0.2, 0.25) is 5.91 Å². The molecule has 0 atom stereocenters. The van der Waals surface area contributed by atoms with Gasteiger partial charge in [-0.3, -0.25) is 4.79 Å². The number of amides is 1. The molecule has 0 saturated heterocycles. The Hall–Kier alpha value is -1.91. The summed E-state index contributed by atoms with van der Waals surface area (Å²) >= 11 is 0. The Labute approximate surface area is 114 Å². The summed E-state index contributed by atoms with van der Waals surface area (Å²) in [6.07, 6.45) is 1.40. The molecule has 5 nitrogen and oxygen atoms in total. The molecule has 0 heterocycles. The molecule has 0 radical (unpaired) electrons. The molecule has 0 spiro atoms. The molecular formula is C14H23N3O2. The maximum absolute atomic E-state index is 11.4. The van der Waals surface area contributed by atoms with Crippen LogP contribution >= 0.6 is 0 Å². The summed E-state index contributed by atoms with van der Waals surface area (Å²) in [5, 5.41) is 3.18. The first-order valence-electron chi connectivity index (χ1n) is 6.50. The van der Waals surface area contributed by atoms with Gasteiger partial charge in [-0.15, -0.1) is 0 Å². The summed E-state index contributed by atoms with van der Waals surface area (Å²) in [5.74, 6) is 0.849. The SMILES string of the molecule is CCCOc1cc(N)cc(NCCC(=O)N(C)C)c1. The van der Waals surface area contributed by atoms with Crippen LogP contribution in [-0.4, -0.2) is 38.1 Å². The van der Waals surface area contributed by atoms with E-state index in [-0.39, 0.29) is 5.91 Å². The summed E-state index contributed by atoms with van der Waals surface area (Å²) in [6, 6.07) is 5.52. The standard InChI is InChI=1S/C14H23N3O2/c1-4-7-19-13-9-11(15)8-12(10-13)16-6-5-14(18)17(2)3/h8-10,16H,4-7,15H2,1-3H3. The second-order valence-electron chi connectivity index (χ2n) is 4.60. The van der Waals surface area contributed by atoms with Crippen LogP contribution in [0, 0.1) is 0 Å². The third-order valence-corrected chi connectivity index (χ3v) is 2.57. The second kappa shape index (κ2) is 7.51. The molecule has 0 aliphatic carbocycles. The molecule has 0 aliphatic rings. The van der Waals surface area contributed by atoms with Crippen LogP contribution in [0.15, 0.2) is 18.2 Å². The van der Waals surface area contributed by atoms with Gasteiger partial charge in [-0.2, -0.15) is 0 Å². The van der Waals surface area contributed by atoms with Crippen molar-refractivity contribution in [2.45, 2.75) is 19.8 Å². The molecule has 1 aromatic carbocycles. The van der Waals surface area contributed by atoms with Crippen LogP contribution in [0.4, 0.5) is 11.4 Å². The number of nitrogens with one attached hydrogen (secondary N) is 1. The monoisotopic (exact) mass is 265 g/mol. The summed E-state index contributed by atoms with van der Waals surface area (Å²) in [6.45, 7) is 3.30. The fraction of sp³-hybridized carbons (Fsp3) is 0.500. The van der Waals surface area contributed by atoms with Gasteiger partial charge in [-0.1, -0.05) is 6.92 Å². The molecule has 0 fully saturated rings. The van der Waals surface area contributed by atoms with Crippen LogP contribution < -0.4 is 15.8 Å². The molecule has 106 valence electrons. The van der Waals surface area contributed by atoms with Gasteiger partial charge < -0.3 is 20.7 Å². The van der Waals surface area contributed by atoms with Crippen LogP contribution in [0.2, 0.25) is 0 Å². The maximum Gasteiger partial charge on any atom is 0.223 e. The highest BCUT2D eigenvalue weighted by Crippen LogP contribution is 2.22. The smallest absolute Gasteiger partial charge is 0.223 e. The van der Waals surface area contributed by atoms with Crippen LogP contribution in [0.3, 0.4) is 0 Å². The average molecular weight is 265 g/mol. The number of benzene rings is 1. The quantitative estimate of drug-likeness (QED) is 0.739. The van der Waals surface area contributed by atoms with E-state index >= 15 is 0 Å². The number of carbonyl (C=O) groups excluding carboxylic acids is 1. The zero-order valence-electron chi connectivity index (χ0n) is 11.9. The molecule has 5 heteroatoms. The number of nitrogens with two attached hydrogens (primary N) is 1. The molecule has 0 bridgehead atoms. The minimum absolute atomic E-state index is 0.0962. The zero-order chi connectivity index (χ0) is 14.3. The Morgan fingerprint density at radius 3 is 2.74 bits per heavy atom. The number of nitrogen functional groups attached to an aromatic ring is 1. The van der Waals surface area contributed by atoms with Crippen molar-refractivity contribution >= 4 is 17.3 Å². The number of rotatable bonds is 7. The van der Waals surface area contributed by atoms with E-state index < -0.39 is 0 Å². The van der Waals surface area contributed by atoms with Gasteiger partial charge in [0.05, 0.1) is 6.61 Å². The highest BCUT2D eigenvalue weighted by molar-refractivity contribution is 5.76. The van der Waals surface area contributed by atoms with Crippen LogP contribution in [-0.2, 0) is 4.79 Å². The van der Waals surface area contributed by atoms with E-state index in [0.29, 0.717) is 25.3 Å². The van der Waals surface area contributed by atoms with Gasteiger partial charge >= 0.3 is 0 Å². The van der Waals surface area contributed by atoms with Gasteiger partial charge in [0.25, 0.3) is 0 Å². The molecule has 0 aromatic heterocycles. The van der Waals surface area contributed by atoms with Crippen LogP contribution in [0.25, 0.3) is 0 Å². The molecule has 1 rings (SSSR count). The Balaban J connectivity index is 2.53. The van der Waals surface area contributed by atoms with Crippen molar-refractivity contribution in [3.63, 3.8) is 0 Å². The summed E-state index contributed by atoms with van der Waals surface area (Å²) in [4.78, 5) is 13.0. The Morgan fingerprint density at radius 1 is 1.37 bits per heavy atom. The van der Waals surface area contributed by atoms with Crippen molar-refractivity contribution < 1.29 is 9.53 Å². The van der Waals surface area contributed by atoms with Gasteiger partial charge in [0.15, 0.2) is 0 Å². The van der Waals surface area contributed by atoms with E-state index in [9.17, 15) is 4.79 Å². The van der Waals surface area contributed by atoms with Crippen LogP contribution in [0.1, 0.15) is 19.8 Å². The van der Waals surface area contributed by atoms with Crippen LogP contribution in [0.5, 0.6) is 5.75 Å². The lowest BCUT2D eigenvalue weighted by Crippen LogP contribution is -2.23. The highest BCUT2D eigenvalue weighted by atomic mass is 16.5. The Bertz CT molecular complexity index is 419. The summed E-state index contributed by atoms with van der Waals surface area (Å²) in [7, 11) is 3.50. The summed E-state index contributed by atoms with van der Waals surface area (Å²) < 4.78 is 5.55. The van der Waals surface area contributed by atoms with E-state index in [2.05, 4.69) is 12.2 Å². The molecule has 1 amide bonds. The Kier molecular flexibility index (Phi) is 5.99. The fourth-order valence-electron chi connectivity index (χ4n) is 1.56. The largest absolute Gasteiger partial charge is 0.493 e. The van der Waals surface area contributed by atoms with Crippen molar-refractivity contribution in [3.8, 4) is 5.75 Å². The van der Waals surface area contributed by atoms with E-state index in [0.717, 1.165) is 17.9 Å². The lowest BCUT2D eigenvalue weighted by atomic mass is 10.2. The lowest BCUT2D eigenvalue weighted by molar-refractivity contribution is -0.128. The number of hydrogen-bond acceptors (Lipinski definition) is 4. The van der Waals surface area contributed by atoms with Crippen molar-refractivity contribution in [1.82, 2.24) is 4.90 Å². The van der Waals surface area contributed by atoms with Crippen molar-refractivity contribution in [3.05, 3.63) is 18.2 Å². The average Bonchev–Trinajstić information content (AvgIpc) is 2.35. The molecule has 19 heavy (non-hydrogen) atoms. The fourth-order valence-corrected chi connectivity index (χ4v) is 1.56. The Morgan fingerprint density at radius 2 is 2.11 bits per heavy atom. The lowest BCUT2D eigenvalue weighted by Gasteiger charge is -2.13. The highest BCUT2D eigenvalue weighted by Gasteiger charge is 2.04. The normalized spacial score (nSPS) is 10.1. The van der Waals surface area contributed by atoms with Crippen molar-refractivity contribution in [1.29, 1.82) is 0 Å². The molecule has 0 unspecified atom stereocenters. The van der Waals surface area contributed by atoms with E-state index in [1.54, 1.807) is 25.1 Å². The third-order valence-electron chi connectivity index (χ3n) is 2.57. The minimum atomic E-state index is 0.0962. The van der Waals surface area contributed by atoms with Gasteiger partial charge in [0, 0.05) is 50.6 Å². The zero-order valence-corrected chi connectivity index (χ0v) is 11.9. The summed E-state index contributed by atoms with van der Waals surface area (Å²) in [5.41, 5.74) is 7.34. The van der Waals surface area contributed by atoms with E-state index in [1.807, 2.05) is 12.1 Å². The van der Waals surface area contributed by atoms with E-state index in [1.165, 1.54) is 0 Å². The minimum Gasteiger partial charge on any atom is -0.493 e. The number of ether oxygens (including phenoxy) is 1. The predicted molar refractivity (Wildman–Crippen MR) is 78.4 cm³/mol. The molecule has 3 N–H and O–H groups in total. The van der Waals surface area contributed by atoms with Crippen molar-refractivity contribution in [2.24, 2.45) is 0 Å². The maximum atomic E-state index is 11.4. The van der Waals surface area contributed by atoms with Gasteiger partial charge in [0.1, 0.15) is 5.75 Å². The van der Waals surface area contributed by atoms with Gasteiger partial charge in [-0.25, -0.2) is 0 Å². The topological polar surface area (TPSA) is 67.6 Å². The second-order valence-corrected chi connectivity index (χ2v) is 4.60. The number of hydrogen-bond donors (Lipinski definition) is 2. The first kappa shape index (κ1) is 15.1. The predicted octanol–water partition coefficient (Wildman–Crippen LogP) is 1.95. The molecular weight excluding hydrogens is 242 g/mol. The van der Waals surface area contributed by atoms with Gasteiger partial charge in [-0.05, 0) is 12.5 Å².